The second kappa shape index (κ2) is 16.9. The van der Waals surface area contributed by atoms with E-state index in [1.54, 1.807) is 0 Å². The van der Waals surface area contributed by atoms with E-state index in [2.05, 4.69) is 20.9 Å². The second-order valence-corrected chi connectivity index (χ2v) is 9.64. The minimum Gasteiger partial charge on any atom is -0.480 e. The molecule has 3 amide bonds. The molecule has 0 saturated heterocycles. The lowest BCUT2D eigenvalue weighted by Gasteiger charge is -2.26. The summed E-state index contributed by atoms with van der Waals surface area (Å²) in [7, 11) is 0. The molecule has 35 heavy (non-hydrogen) atoms. The van der Waals surface area contributed by atoms with E-state index in [0.29, 0.717) is 12.2 Å². The van der Waals surface area contributed by atoms with Crippen molar-refractivity contribution in [2.24, 2.45) is 28.1 Å². The average Bonchev–Trinajstić information content (AvgIpc) is 2.75. The average molecular weight is 520 g/mol. The molecule has 14 heteroatoms. The van der Waals surface area contributed by atoms with E-state index in [9.17, 15) is 29.4 Å². The minimum atomic E-state index is -1.37. The Hall–Kier alpha value is -2.58. The molecule has 5 unspecified atom stereocenters. The maximum atomic E-state index is 12.9. The first kappa shape index (κ1) is 32.4. The van der Waals surface area contributed by atoms with Crippen LogP contribution in [0.4, 0.5) is 0 Å². The van der Waals surface area contributed by atoms with Gasteiger partial charge in [-0.05, 0) is 50.5 Å². The number of carbonyl (C=O) groups is 4. The summed E-state index contributed by atoms with van der Waals surface area (Å²) >= 11 is 1.44. The highest BCUT2D eigenvalue weighted by atomic mass is 32.2. The fourth-order valence-corrected chi connectivity index (χ4v) is 3.52. The smallest absolute Gasteiger partial charge is 0.326 e. The van der Waals surface area contributed by atoms with Crippen LogP contribution in [-0.2, 0) is 19.2 Å². The van der Waals surface area contributed by atoms with Crippen LogP contribution in [0.3, 0.4) is 0 Å². The molecule has 0 rings (SSSR count). The molecule has 13 nitrogen and oxygen atoms in total. The van der Waals surface area contributed by atoms with Crippen molar-refractivity contribution in [1.29, 1.82) is 0 Å². The zero-order valence-corrected chi connectivity index (χ0v) is 21.6. The number of nitrogens with one attached hydrogen (secondary N) is 3. The molecule has 0 radical (unpaired) electrons. The standard InChI is InChI=1S/C21H41N7O6S/c1-11(2)10-15(20(33)34)27-18(31)14(7-9-35-4)26-19(32)16(12(3)29)28-17(30)13(22)6-5-8-25-21(23)24/h11-16,29H,5-10,22H2,1-4H3,(H,26,32)(H,27,31)(H,28,30)(H,33,34)(H4,23,24,25). The lowest BCUT2D eigenvalue weighted by Crippen LogP contribution is -2.59. The van der Waals surface area contributed by atoms with Gasteiger partial charge in [0.2, 0.25) is 17.7 Å². The normalized spacial score (nSPS) is 15.3. The van der Waals surface area contributed by atoms with Gasteiger partial charge in [0.05, 0.1) is 12.1 Å². The zero-order valence-electron chi connectivity index (χ0n) is 20.8. The summed E-state index contributed by atoms with van der Waals surface area (Å²) in [5.74, 6) is -2.84. The largest absolute Gasteiger partial charge is 0.480 e. The summed E-state index contributed by atoms with van der Waals surface area (Å²) in [4.78, 5) is 53.4. The van der Waals surface area contributed by atoms with E-state index in [0.717, 1.165) is 0 Å². The molecule has 0 aliphatic heterocycles. The van der Waals surface area contributed by atoms with E-state index in [4.69, 9.17) is 17.2 Å². The van der Waals surface area contributed by atoms with Gasteiger partial charge < -0.3 is 43.4 Å². The molecule has 0 aliphatic carbocycles. The number of aliphatic hydroxyl groups excluding tert-OH is 1. The van der Waals surface area contributed by atoms with Gasteiger partial charge in [-0.2, -0.15) is 11.8 Å². The quantitative estimate of drug-likeness (QED) is 0.0602. The molecule has 0 aromatic heterocycles. The molecule has 0 aromatic rings. The Morgan fingerprint density at radius 3 is 2.03 bits per heavy atom. The van der Waals surface area contributed by atoms with Crippen LogP contribution in [0.25, 0.3) is 0 Å². The molecule has 0 fully saturated rings. The molecular formula is C21H41N7O6S. The molecule has 0 aliphatic rings. The maximum absolute atomic E-state index is 12.9. The molecule has 0 spiro atoms. The summed E-state index contributed by atoms with van der Waals surface area (Å²) in [6, 6.07) is -4.52. The zero-order chi connectivity index (χ0) is 27.1. The topological polar surface area (TPSA) is 235 Å². The van der Waals surface area contributed by atoms with Gasteiger partial charge in [0, 0.05) is 6.54 Å². The summed E-state index contributed by atoms with van der Waals surface area (Å²) in [5.41, 5.74) is 16.3. The maximum Gasteiger partial charge on any atom is 0.326 e. The third-order valence-corrected chi connectivity index (χ3v) is 5.58. The fraction of sp³-hybridized carbons (Fsp3) is 0.762. The third kappa shape index (κ3) is 13.8. The number of aliphatic imine (C=N–C) groups is 1. The van der Waals surface area contributed by atoms with Crippen molar-refractivity contribution in [3.8, 4) is 0 Å². The van der Waals surface area contributed by atoms with Crippen molar-refractivity contribution in [3.05, 3.63) is 0 Å². The molecule has 5 atom stereocenters. The lowest BCUT2D eigenvalue weighted by atomic mass is 10.0. The van der Waals surface area contributed by atoms with E-state index in [1.807, 2.05) is 20.1 Å². The first-order valence-electron chi connectivity index (χ1n) is 11.4. The number of carbonyl (C=O) groups excluding carboxylic acids is 3. The van der Waals surface area contributed by atoms with Gasteiger partial charge in [-0.3, -0.25) is 19.4 Å². The number of hydrogen-bond acceptors (Lipinski definition) is 8. The number of carboxylic acid groups (broad SMARTS) is 1. The van der Waals surface area contributed by atoms with Gasteiger partial charge in [0.15, 0.2) is 5.96 Å². The van der Waals surface area contributed by atoms with Crippen molar-refractivity contribution in [2.75, 3.05) is 18.6 Å². The Labute approximate surface area is 210 Å². The number of carboxylic acids is 1. The summed E-state index contributed by atoms with van der Waals surface area (Å²) < 4.78 is 0. The molecule has 0 heterocycles. The predicted molar refractivity (Wildman–Crippen MR) is 135 cm³/mol. The van der Waals surface area contributed by atoms with Gasteiger partial charge in [0.25, 0.3) is 0 Å². The minimum absolute atomic E-state index is 0.0224. The van der Waals surface area contributed by atoms with Gasteiger partial charge in [-0.1, -0.05) is 13.8 Å². The third-order valence-electron chi connectivity index (χ3n) is 4.93. The molecule has 11 N–H and O–H groups in total. The van der Waals surface area contributed by atoms with E-state index in [1.165, 1.54) is 18.7 Å². The molecule has 202 valence electrons. The van der Waals surface area contributed by atoms with Crippen LogP contribution in [0, 0.1) is 5.92 Å². The number of guanidine groups is 1. The van der Waals surface area contributed by atoms with Crippen molar-refractivity contribution >= 4 is 41.4 Å². The molecule has 0 bridgehead atoms. The predicted octanol–water partition coefficient (Wildman–Crippen LogP) is -1.91. The Kier molecular flexibility index (Phi) is 15.7. The SMILES string of the molecule is CSCCC(NC(=O)C(NC(=O)C(N)CCCN=C(N)N)C(C)O)C(=O)NC(CC(C)C)C(=O)O. The monoisotopic (exact) mass is 519 g/mol. The number of aliphatic carboxylic acids is 1. The Morgan fingerprint density at radius 1 is 0.943 bits per heavy atom. The van der Waals surface area contributed by atoms with Crippen molar-refractivity contribution in [2.45, 2.75) is 76.7 Å². The highest BCUT2D eigenvalue weighted by Crippen LogP contribution is 2.08. The molecular weight excluding hydrogens is 478 g/mol. The fourth-order valence-electron chi connectivity index (χ4n) is 3.05. The summed E-state index contributed by atoms with van der Waals surface area (Å²) in [6.45, 7) is 5.26. The van der Waals surface area contributed by atoms with Gasteiger partial charge in [-0.25, -0.2) is 4.79 Å². The Balaban J connectivity index is 5.28. The highest BCUT2D eigenvalue weighted by molar-refractivity contribution is 7.98. The van der Waals surface area contributed by atoms with E-state index < -0.39 is 54.0 Å². The van der Waals surface area contributed by atoms with Crippen LogP contribution >= 0.6 is 11.8 Å². The van der Waals surface area contributed by atoms with Gasteiger partial charge >= 0.3 is 5.97 Å². The number of aliphatic hydroxyl groups is 1. The Bertz CT molecular complexity index is 731. The molecule has 0 aromatic carbocycles. The number of hydrogen-bond donors (Lipinski definition) is 8. The number of nitrogens with two attached hydrogens (primary N) is 3. The van der Waals surface area contributed by atoms with Gasteiger partial charge in [-0.15, -0.1) is 0 Å². The lowest BCUT2D eigenvalue weighted by molar-refractivity contribution is -0.143. The van der Waals surface area contributed by atoms with Crippen molar-refractivity contribution in [1.82, 2.24) is 16.0 Å². The van der Waals surface area contributed by atoms with Crippen LogP contribution < -0.4 is 33.2 Å². The van der Waals surface area contributed by atoms with Crippen LogP contribution in [0.2, 0.25) is 0 Å². The van der Waals surface area contributed by atoms with Crippen molar-refractivity contribution < 1.29 is 29.4 Å². The number of amides is 3. The number of thioether (sulfide) groups is 1. The van der Waals surface area contributed by atoms with Crippen molar-refractivity contribution in [3.63, 3.8) is 0 Å². The number of rotatable bonds is 17. The van der Waals surface area contributed by atoms with E-state index in [-0.39, 0.29) is 37.7 Å². The molecule has 0 saturated carbocycles. The highest BCUT2D eigenvalue weighted by Gasteiger charge is 2.32. The Morgan fingerprint density at radius 2 is 1.54 bits per heavy atom. The summed E-state index contributed by atoms with van der Waals surface area (Å²) in [5, 5.41) is 26.9. The van der Waals surface area contributed by atoms with Crippen LogP contribution in [0.5, 0.6) is 0 Å². The second-order valence-electron chi connectivity index (χ2n) is 8.65. The number of nitrogens with zero attached hydrogens (tertiary/aromatic N) is 1. The van der Waals surface area contributed by atoms with E-state index >= 15 is 0 Å². The van der Waals surface area contributed by atoms with Crippen LogP contribution in [-0.4, -0.2) is 88.7 Å². The summed E-state index contributed by atoms with van der Waals surface area (Å²) in [6.07, 6.45) is 1.64. The van der Waals surface area contributed by atoms with Crippen LogP contribution in [0.1, 0.15) is 46.5 Å². The first-order valence-corrected chi connectivity index (χ1v) is 12.8. The first-order chi connectivity index (χ1) is 16.3. The van der Waals surface area contributed by atoms with Gasteiger partial charge in [0.1, 0.15) is 18.1 Å². The van der Waals surface area contributed by atoms with Crippen LogP contribution in [0.15, 0.2) is 4.99 Å².